The van der Waals surface area contributed by atoms with Gasteiger partial charge in [-0.1, -0.05) is 43.7 Å². The lowest BCUT2D eigenvalue weighted by Gasteiger charge is -2.34. The Hall–Kier alpha value is -1.39. The van der Waals surface area contributed by atoms with Crippen molar-refractivity contribution >= 4 is 5.91 Å². The summed E-state index contributed by atoms with van der Waals surface area (Å²) in [5, 5.41) is 3.12. The van der Waals surface area contributed by atoms with Gasteiger partial charge in [-0.3, -0.25) is 4.79 Å². The van der Waals surface area contributed by atoms with E-state index in [0.29, 0.717) is 6.54 Å². The Morgan fingerprint density at radius 2 is 2.00 bits per heavy atom. The van der Waals surface area contributed by atoms with Crippen molar-refractivity contribution in [1.29, 1.82) is 0 Å². The monoisotopic (exact) mass is 263 g/mol. The number of nitrogens with zero attached hydrogens (tertiary/aromatic N) is 1. The van der Waals surface area contributed by atoms with Gasteiger partial charge in [-0.2, -0.15) is 0 Å². The number of carbonyl (C=O) groups is 1. The summed E-state index contributed by atoms with van der Waals surface area (Å²) < 4.78 is 0. The Morgan fingerprint density at radius 1 is 1.37 bits per heavy atom. The minimum Gasteiger partial charge on any atom is -0.368 e. The second-order valence-electron chi connectivity index (χ2n) is 4.98. The number of amides is 1. The number of likely N-dealkylation sites (N-methyl/N-ethyl adjacent to an activating group) is 2. The number of carbonyl (C=O) groups excluding carboxylic acids is 1. The van der Waals surface area contributed by atoms with Crippen molar-refractivity contribution in [3.05, 3.63) is 35.9 Å². The first-order valence-electron chi connectivity index (χ1n) is 6.79. The lowest BCUT2D eigenvalue weighted by Crippen LogP contribution is -2.57. The van der Waals surface area contributed by atoms with Crippen molar-refractivity contribution in [2.24, 2.45) is 5.73 Å². The van der Waals surface area contributed by atoms with Crippen LogP contribution >= 0.6 is 0 Å². The van der Waals surface area contributed by atoms with Crippen LogP contribution in [0.5, 0.6) is 0 Å². The smallest absolute Gasteiger partial charge is 0.243 e. The fourth-order valence-corrected chi connectivity index (χ4v) is 2.29. The Balaban J connectivity index is 2.97. The maximum Gasteiger partial charge on any atom is 0.243 e. The van der Waals surface area contributed by atoms with Gasteiger partial charge in [0, 0.05) is 6.54 Å². The molecule has 106 valence electrons. The number of benzene rings is 1. The molecule has 1 rings (SSSR count). The van der Waals surface area contributed by atoms with Crippen LogP contribution in [0.2, 0.25) is 0 Å². The van der Waals surface area contributed by atoms with Gasteiger partial charge in [0.2, 0.25) is 5.91 Å². The summed E-state index contributed by atoms with van der Waals surface area (Å²) in [5.41, 5.74) is 5.74. The Kier molecular flexibility index (Phi) is 5.99. The third-order valence-electron chi connectivity index (χ3n) is 3.51. The highest BCUT2D eigenvalue weighted by molar-refractivity contribution is 5.86. The van der Waals surface area contributed by atoms with Gasteiger partial charge >= 0.3 is 0 Å². The fourth-order valence-electron chi connectivity index (χ4n) is 2.29. The van der Waals surface area contributed by atoms with Crippen LogP contribution in [0.3, 0.4) is 0 Å². The van der Waals surface area contributed by atoms with Gasteiger partial charge in [0.15, 0.2) is 0 Å². The summed E-state index contributed by atoms with van der Waals surface area (Å²) in [6.45, 7) is 3.69. The van der Waals surface area contributed by atoms with Crippen LogP contribution in [-0.4, -0.2) is 38.0 Å². The molecule has 0 spiro atoms. The number of hydrogen-bond donors (Lipinski definition) is 2. The number of primary amides is 1. The lowest BCUT2D eigenvalue weighted by molar-refractivity contribution is -0.125. The highest BCUT2D eigenvalue weighted by Crippen LogP contribution is 2.21. The highest BCUT2D eigenvalue weighted by atomic mass is 16.1. The van der Waals surface area contributed by atoms with E-state index in [1.807, 2.05) is 37.4 Å². The molecule has 1 aromatic carbocycles. The number of nitrogens with two attached hydrogens (primary N) is 1. The maximum absolute atomic E-state index is 12.0. The minimum absolute atomic E-state index is 0.343. The van der Waals surface area contributed by atoms with Crippen LogP contribution in [-0.2, 0) is 10.3 Å². The molecule has 1 atom stereocenters. The first-order chi connectivity index (χ1) is 9.06. The summed E-state index contributed by atoms with van der Waals surface area (Å²) in [7, 11) is 3.80. The van der Waals surface area contributed by atoms with E-state index in [4.69, 9.17) is 5.73 Å². The van der Waals surface area contributed by atoms with Crippen molar-refractivity contribution in [3.8, 4) is 0 Å². The SMILES string of the molecule is CCCCN(C)CC(NC)(C(N)=O)c1ccccc1. The molecule has 0 aliphatic carbocycles. The predicted molar refractivity (Wildman–Crippen MR) is 78.8 cm³/mol. The third-order valence-corrected chi connectivity index (χ3v) is 3.51. The van der Waals surface area contributed by atoms with Gasteiger partial charge in [-0.15, -0.1) is 0 Å². The Labute approximate surface area is 116 Å². The van der Waals surface area contributed by atoms with Gasteiger partial charge < -0.3 is 16.0 Å². The van der Waals surface area contributed by atoms with E-state index in [-0.39, 0.29) is 5.91 Å². The average molecular weight is 263 g/mol. The summed E-state index contributed by atoms with van der Waals surface area (Å²) in [6.07, 6.45) is 2.25. The molecule has 0 aliphatic heterocycles. The Morgan fingerprint density at radius 3 is 2.47 bits per heavy atom. The van der Waals surface area contributed by atoms with E-state index in [1.165, 1.54) is 0 Å². The topological polar surface area (TPSA) is 58.4 Å². The number of rotatable bonds is 8. The van der Waals surface area contributed by atoms with Crippen LogP contribution in [0.15, 0.2) is 30.3 Å². The van der Waals surface area contributed by atoms with Crippen LogP contribution in [0.25, 0.3) is 0 Å². The quantitative estimate of drug-likeness (QED) is 0.743. The van der Waals surface area contributed by atoms with Gasteiger partial charge in [0.25, 0.3) is 0 Å². The van der Waals surface area contributed by atoms with E-state index in [2.05, 4.69) is 17.1 Å². The summed E-state index contributed by atoms with van der Waals surface area (Å²) in [6, 6.07) is 9.67. The van der Waals surface area contributed by atoms with Crippen LogP contribution in [0, 0.1) is 0 Å². The molecule has 4 heteroatoms. The number of nitrogens with one attached hydrogen (secondary N) is 1. The van der Waals surface area contributed by atoms with Crippen LogP contribution in [0.4, 0.5) is 0 Å². The molecule has 0 radical (unpaired) electrons. The minimum atomic E-state index is -0.830. The van der Waals surface area contributed by atoms with Crippen LogP contribution in [0.1, 0.15) is 25.3 Å². The van der Waals surface area contributed by atoms with Crippen molar-refractivity contribution in [3.63, 3.8) is 0 Å². The zero-order valence-electron chi connectivity index (χ0n) is 12.1. The van der Waals surface area contributed by atoms with Gasteiger partial charge in [0.1, 0.15) is 5.54 Å². The molecule has 0 aliphatic rings. The molecular weight excluding hydrogens is 238 g/mol. The van der Waals surface area contributed by atoms with Crippen molar-refractivity contribution in [1.82, 2.24) is 10.2 Å². The van der Waals surface area contributed by atoms with Gasteiger partial charge in [0.05, 0.1) is 0 Å². The van der Waals surface area contributed by atoms with Crippen LogP contribution < -0.4 is 11.1 Å². The Bertz CT molecular complexity index is 394. The molecular formula is C15H25N3O. The summed E-state index contributed by atoms with van der Waals surface area (Å²) in [5.74, 6) is -0.343. The largest absolute Gasteiger partial charge is 0.368 e. The van der Waals surface area contributed by atoms with E-state index < -0.39 is 5.54 Å². The molecule has 4 nitrogen and oxygen atoms in total. The first-order valence-corrected chi connectivity index (χ1v) is 6.79. The predicted octanol–water partition coefficient (Wildman–Crippen LogP) is 1.32. The fraction of sp³-hybridized carbons (Fsp3) is 0.533. The molecule has 0 aromatic heterocycles. The number of hydrogen-bond acceptors (Lipinski definition) is 3. The molecule has 1 amide bonds. The lowest BCUT2D eigenvalue weighted by atomic mass is 9.88. The molecule has 0 heterocycles. The second-order valence-corrected chi connectivity index (χ2v) is 4.98. The molecule has 19 heavy (non-hydrogen) atoms. The molecule has 0 bridgehead atoms. The molecule has 3 N–H and O–H groups in total. The van der Waals surface area contributed by atoms with Crippen molar-refractivity contribution < 1.29 is 4.79 Å². The third kappa shape index (κ3) is 3.78. The molecule has 1 unspecified atom stereocenters. The van der Waals surface area contributed by atoms with Gasteiger partial charge in [-0.25, -0.2) is 0 Å². The van der Waals surface area contributed by atoms with Crippen molar-refractivity contribution in [2.45, 2.75) is 25.3 Å². The number of unbranched alkanes of at least 4 members (excludes halogenated alkanes) is 1. The zero-order chi connectivity index (χ0) is 14.3. The first kappa shape index (κ1) is 15.7. The van der Waals surface area contributed by atoms with Gasteiger partial charge in [-0.05, 0) is 32.6 Å². The van der Waals surface area contributed by atoms with E-state index in [0.717, 1.165) is 24.9 Å². The van der Waals surface area contributed by atoms with E-state index in [1.54, 1.807) is 7.05 Å². The maximum atomic E-state index is 12.0. The standard InChI is InChI=1S/C15H25N3O/c1-4-5-11-18(3)12-15(17-2,14(16)19)13-9-7-6-8-10-13/h6-10,17H,4-5,11-12H2,1-3H3,(H2,16,19). The summed E-state index contributed by atoms with van der Waals surface area (Å²) >= 11 is 0. The molecule has 0 fully saturated rings. The molecule has 0 saturated heterocycles. The highest BCUT2D eigenvalue weighted by Gasteiger charge is 2.37. The zero-order valence-corrected chi connectivity index (χ0v) is 12.1. The second kappa shape index (κ2) is 7.26. The van der Waals surface area contributed by atoms with E-state index in [9.17, 15) is 4.79 Å². The normalized spacial score (nSPS) is 14.3. The summed E-state index contributed by atoms with van der Waals surface area (Å²) in [4.78, 5) is 14.1. The molecule has 1 aromatic rings. The average Bonchev–Trinajstić information content (AvgIpc) is 2.43. The molecule has 0 saturated carbocycles. The van der Waals surface area contributed by atoms with Crippen molar-refractivity contribution in [2.75, 3.05) is 27.2 Å². The van der Waals surface area contributed by atoms with E-state index >= 15 is 0 Å².